The first-order valence-corrected chi connectivity index (χ1v) is 15.6. The van der Waals surface area contributed by atoms with Crippen LogP contribution >= 0.6 is 0 Å². The Labute approximate surface area is 276 Å². The van der Waals surface area contributed by atoms with Crippen LogP contribution in [0.4, 0.5) is 5.69 Å². The van der Waals surface area contributed by atoms with E-state index in [0.717, 1.165) is 55.2 Å². The smallest absolute Gasteiger partial charge is 0.268 e. The van der Waals surface area contributed by atoms with Gasteiger partial charge in [0.05, 0.1) is 56.8 Å². The molecule has 0 radical (unpaired) electrons. The number of carbonyl (C=O) groups is 2. The number of hydrogen-bond acceptors (Lipinski definition) is 4. The van der Waals surface area contributed by atoms with E-state index in [0.29, 0.717) is 33.6 Å². The molecular formula is C42H26N4O2. The zero-order valence-corrected chi connectivity index (χ0v) is 26.2. The van der Waals surface area contributed by atoms with Crippen molar-refractivity contribution in [3.8, 4) is 40.1 Å². The minimum atomic E-state index is -0.383. The van der Waals surface area contributed by atoms with Crippen LogP contribution in [0.25, 0.3) is 49.7 Å². The monoisotopic (exact) mass is 618 g/mol. The number of carbonyl (C=O) groups excluding carboxylic acids is 2. The van der Waals surface area contributed by atoms with Crippen LogP contribution in [-0.2, 0) is 0 Å². The third-order valence-electron chi connectivity index (χ3n) is 9.25. The number of imide groups is 1. The van der Waals surface area contributed by atoms with Gasteiger partial charge < -0.3 is 4.57 Å². The summed E-state index contributed by atoms with van der Waals surface area (Å²) in [5.74, 6) is -0.749. The van der Waals surface area contributed by atoms with Crippen molar-refractivity contribution in [2.45, 2.75) is 13.8 Å². The van der Waals surface area contributed by atoms with Crippen molar-refractivity contribution in [1.82, 2.24) is 4.57 Å². The molecule has 0 saturated carbocycles. The van der Waals surface area contributed by atoms with E-state index in [1.165, 1.54) is 4.90 Å². The summed E-state index contributed by atoms with van der Waals surface area (Å²) in [4.78, 5) is 29.5. The molecule has 0 saturated heterocycles. The maximum Gasteiger partial charge on any atom is 0.268 e. The number of aromatic nitrogens is 1. The molecule has 0 N–H and O–H groups in total. The van der Waals surface area contributed by atoms with Gasteiger partial charge in [0.2, 0.25) is 0 Å². The van der Waals surface area contributed by atoms with Crippen LogP contribution in [0.15, 0.2) is 121 Å². The predicted molar refractivity (Wildman–Crippen MR) is 188 cm³/mol. The maximum absolute atomic E-state index is 14.4. The molecule has 6 nitrogen and oxygen atoms in total. The number of benzene rings is 6. The van der Waals surface area contributed by atoms with Crippen molar-refractivity contribution in [3.63, 3.8) is 0 Å². The van der Waals surface area contributed by atoms with Gasteiger partial charge in [-0.1, -0.05) is 72.8 Å². The third kappa shape index (κ3) is 4.17. The van der Waals surface area contributed by atoms with Crippen molar-refractivity contribution in [2.75, 3.05) is 4.90 Å². The van der Waals surface area contributed by atoms with E-state index in [2.05, 4.69) is 41.0 Å². The summed E-state index contributed by atoms with van der Waals surface area (Å²) in [6, 6.07) is 42.6. The second kappa shape index (κ2) is 10.9. The minimum absolute atomic E-state index is 0.336. The molecule has 7 aromatic rings. The van der Waals surface area contributed by atoms with Crippen LogP contribution in [0, 0.1) is 36.5 Å². The number of nitriles is 2. The summed E-state index contributed by atoms with van der Waals surface area (Å²) in [5, 5.41) is 21.1. The lowest BCUT2D eigenvalue weighted by Gasteiger charge is -2.18. The number of amides is 2. The van der Waals surface area contributed by atoms with Gasteiger partial charge in [-0.15, -0.1) is 0 Å². The summed E-state index contributed by atoms with van der Waals surface area (Å²) in [6.45, 7) is 3.99. The number of aryl methyl sites for hydroxylation is 2. The Balaban J connectivity index is 1.52. The van der Waals surface area contributed by atoms with Crippen LogP contribution < -0.4 is 4.90 Å². The van der Waals surface area contributed by atoms with Gasteiger partial charge >= 0.3 is 0 Å². The molecule has 6 heteroatoms. The number of fused-ring (bicyclic) bond motifs is 4. The lowest BCUT2D eigenvalue weighted by molar-refractivity contribution is 0.0926. The van der Waals surface area contributed by atoms with E-state index in [1.54, 1.807) is 18.2 Å². The van der Waals surface area contributed by atoms with Crippen molar-refractivity contribution in [3.05, 3.63) is 155 Å². The van der Waals surface area contributed by atoms with Gasteiger partial charge in [0.1, 0.15) is 0 Å². The first-order valence-electron chi connectivity index (χ1n) is 15.6. The molecule has 1 aliphatic heterocycles. The molecule has 0 bridgehead atoms. The molecule has 0 fully saturated rings. The maximum atomic E-state index is 14.4. The van der Waals surface area contributed by atoms with E-state index in [-0.39, 0.29) is 11.8 Å². The number of hydrogen-bond donors (Lipinski definition) is 0. The molecule has 0 unspecified atom stereocenters. The number of para-hydroxylation sites is 3. The summed E-state index contributed by atoms with van der Waals surface area (Å²) < 4.78 is 2.13. The molecule has 226 valence electrons. The second-order valence-corrected chi connectivity index (χ2v) is 12.0. The van der Waals surface area contributed by atoms with E-state index in [4.69, 9.17) is 0 Å². The van der Waals surface area contributed by atoms with Crippen molar-refractivity contribution in [2.24, 2.45) is 0 Å². The summed E-state index contributed by atoms with van der Waals surface area (Å²) >= 11 is 0. The quantitative estimate of drug-likeness (QED) is 0.184. The molecule has 8 rings (SSSR count). The van der Waals surface area contributed by atoms with Gasteiger partial charge in [-0.3, -0.25) is 9.59 Å². The van der Waals surface area contributed by atoms with Gasteiger partial charge in [0.15, 0.2) is 0 Å². The molecule has 0 spiro atoms. The van der Waals surface area contributed by atoms with Crippen molar-refractivity contribution in [1.29, 1.82) is 10.5 Å². The summed E-state index contributed by atoms with van der Waals surface area (Å²) in [6.07, 6.45) is 0. The Morgan fingerprint density at radius 3 is 1.56 bits per heavy atom. The molecule has 1 aromatic heterocycles. The van der Waals surface area contributed by atoms with Gasteiger partial charge in [0, 0.05) is 21.9 Å². The normalized spacial score (nSPS) is 12.4. The third-order valence-corrected chi connectivity index (χ3v) is 9.25. The SMILES string of the molecule is Cc1cc(C#N)ccc1-c1cccc2c3cccc(-c4ccc(C#N)cc4C)c3n(-c3cccc4c3C(=O)N(c3ccccc3)C4=O)c12. The fraction of sp³-hybridized carbons (Fsp3) is 0.0476. The molecule has 0 atom stereocenters. The van der Waals surface area contributed by atoms with Gasteiger partial charge in [-0.2, -0.15) is 10.5 Å². The van der Waals surface area contributed by atoms with E-state index in [1.807, 2.05) is 92.7 Å². The predicted octanol–water partition coefficient (Wildman–Crippen LogP) is 9.28. The number of anilines is 1. The lowest BCUT2D eigenvalue weighted by Crippen LogP contribution is -2.29. The lowest BCUT2D eigenvalue weighted by atomic mass is 9.95. The van der Waals surface area contributed by atoms with Crippen LogP contribution in [0.1, 0.15) is 43.0 Å². The molecule has 2 amide bonds. The minimum Gasteiger partial charge on any atom is -0.307 e. The number of rotatable bonds is 4. The van der Waals surface area contributed by atoms with Crippen molar-refractivity contribution < 1.29 is 9.59 Å². The molecule has 48 heavy (non-hydrogen) atoms. The van der Waals surface area contributed by atoms with Gasteiger partial charge in [-0.05, 0) is 84.6 Å². The topological polar surface area (TPSA) is 89.9 Å². The summed E-state index contributed by atoms with van der Waals surface area (Å²) in [5.41, 5.74) is 10.4. The summed E-state index contributed by atoms with van der Waals surface area (Å²) in [7, 11) is 0. The van der Waals surface area contributed by atoms with Crippen LogP contribution in [0.3, 0.4) is 0 Å². The van der Waals surface area contributed by atoms with Crippen LogP contribution in [0.2, 0.25) is 0 Å². The molecule has 1 aliphatic rings. The Kier molecular flexibility index (Phi) is 6.54. The first-order chi connectivity index (χ1) is 23.4. The molecule has 6 aromatic carbocycles. The average molecular weight is 619 g/mol. The average Bonchev–Trinajstić information content (AvgIpc) is 3.59. The largest absolute Gasteiger partial charge is 0.307 e. The highest BCUT2D eigenvalue weighted by molar-refractivity contribution is 6.36. The molecular weight excluding hydrogens is 592 g/mol. The zero-order chi connectivity index (χ0) is 33.1. The van der Waals surface area contributed by atoms with E-state index >= 15 is 0 Å². The number of nitrogens with zero attached hydrogens (tertiary/aromatic N) is 4. The first kappa shape index (κ1) is 28.7. The standard InChI is InChI=1S/C42H26N4O2/c1-25-21-27(23-43)17-19-30(25)32-11-6-13-34-35-14-7-12-33(31-20-18-28(24-44)22-26(31)2)40(35)46(39(32)34)37-16-8-15-36-38(37)42(48)45(41(36)47)29-9-4-3-5-10-29/h3-22H,1-2H3. The highest BCUT2D eigenvalue weighted by Crippen LogP contribution is 2.45. The Morgan fingerprint density at radius 1 is 0.521 bits per heavy atom. The Hall–Kier alpha value is -6.76. The van der Waals surface area contributed by atoms with Crippen LogP contribution in [-0.4, -0.2) is 16.4 Å². The van der Waals surface area contributed by atoms with Gasteiger partial charge in [-0.25, -0.2) is 4.90 Å². The fourth-order valence-corrected chi connectivity index (χ4v) is 7.13. The fourth-order valence-electron chi connectivity index (χ4n) is 7.13. The Morgan fingerprint density at radius 2 is 1.04 bits per heavy atom. The zero-order valence-electron chi connectivity index (χ0n) is 26.2. The highest BCUT2D eigenvalue weighted by atomic mass is 16.2. The van der Waals surface area contributed by atoms with Crippen molar-refractivity contribution >= 4 is 39.3 Å². The second-order valence-electron chi connectivity index (χ2n) is 12.0. The van der Waals surface area contributed by atoms with E-state index < -0.39 is 0 Å². The molecule has 0 aliphatic carbocycles. The highest BCUT2D eigenvalue weighted by Gasteiger charge is 2.39. The van der Waals surface area contributed by atoms with E-state index in [9.17, 15) is 20.1 Å². The van der Waals surface area contributed by atoms with Gasteiger partial charge in [0.25, 0.3) is 11.8 Å². The molecule has 2 heterocycles. The van der Waals surface area contributed by atoms with Crippen LogP contribution in [0.5, 0.6) is 0 Å². The Bertz CT molecular complexity index is 2480.